The molecule has 0 bridgehead atoms. The van der Waals surface area contributed by atoms with Crippen molar-refractivity contribution in [3.05, 3.63) is 58.7 Å². The first-order chi connectivity index (χ1) is 16.1. The van der Waals surface area contributed by atoms with Crippen molar-refractivity contribution in [3.63, 3.8) is 0 Å². The molecule has 0 fully saturated rings. The van der Waals surface area contributed by atoms with E-state index in [2.05, 4.69) is 0 Å². The Morgan fingerprint density at radius 2 is 1.03 bits per heavy atom. The summed E-state index contributed by atoms with van der Waals surface area (Å²) >= 11 is 0. The van der Waals surface area contributed by atoms with Crippen molar-refractivity contribution < 1.29 is 33.6 Å². The third-order valence-electron chi connectivity index (χ3n) is 5.62. The van der Waals surface area contributed by atoms with Crippen LogP contribution in [0.15, 0.2) is 36.4 Å². The van der Waals surface area contributed by atoms with E-state index in [0.29, 0.717) is 0 Å². The Morgan fingerprint density at radius 3 is 1.31 bits per heavy atom. The van der Waals surface area contributed by atoms with E-state index >= 15 is 0 Å². The van der Waals surface area contributed by atoms with Crippen LogP contribution in [0.25, 0.3) is 0 Å². The standard InChI is InChI=1S/C25H36O8S2/c1-9-30-34(26,27)32-23-13-11-19(15-21(23)17(3)4)25(7,8)20-12-14-24(22(16-20)18(5)6)33-35(28,29)31-10-2/h11-18H,9-10H2,1-8H3. The molecule has 2 aromatic carbocycles. The molecule has 0 unspecified atom stereocenters. The molecule has 2 aromatic rings. The fraction of sp³-hybridized carbons (Fsp3) is 0.520. The molecule has 0 aromatic heterocycles. The molecule has 0 saturated carbocycles. The number of hydrogen-bond acceptors (Lipinski definition) is 8. The maximum Gasteiger partial charge on any atom is 0.449 e. The second-order valence-corrected chi connectivity index (χ2v) is 11.7. The molecule has 0 aliphatic heterocycles. The average molecular weight is 529 g/mol. The van der Waals surface area contributed by atoms with E-state index in [0.717, 1.165) is 22.3 Å². The Hall–Kier alpha value is -2.14. The number of rotatable bonds is 12. The summed E-state index contributed by atoms with van der Waals surface area (Å²) in [4.78, 5) is 0. The molecule has 8 nitrogen and oxygen atoms in total. The molecule has 0 aliphatic rings. The Morgan fingerprint density at radius 1 is 0.686 bits per heavy atom. The van der Waals surface area contributed by atoms with Gasteiger partial charge in [0.1, 0.15) is 11.5 Å². The first-order valence-electron chi connectivity index (χ1n) is 11.6. The lowest BCUT2D eigenvalue weighted by Crippen LogP contribution is -2.21. The third kappa shape index (κ3) is 7.42. The minimum atomic E-state index is -4.15. The van der Waals surface area contributed by atoms with E-state index in [1.54, 1.807) is 26.0 Å². The minimum Gasteiger partial charge on any atom is -0.361 e. The highest BCUT2D eigenvalue weighted by molar-refractivity contribution is 7.82. The topological polar surface area (TPSA) is 105 Å². The van der Waals surface area contributed by atoms with E-state index in [1.165, 1.54) is 0 Å². The highest BCUT2D eigenvalue weighted by Gasteiger charge is 2.28. The van der Waals surface area contributed by atoms with E-state index in [9.17, 15) is 16.8 Å². The van der Waals surface area contributed by atoms with Crippen LogP contribution in [-0.2, 0) is 34.6 Å². The summed E-state index contributed by atoms with van der Waals surface area (Å²) in [7, 11) is -8.31. The van der Waals surface area contributed by atoms with Crippen LogP contribution in [0.4, 0.5) is 0 Å². The van der Waals surface area contributed by atoms with Crippen LogP contribution in [0.2, 0.25) is 0 Å². The molecule has 2 rings (SSSR count). The summed E-state index contributed by atoms with van der Waals surface area (Å²) in [5, 5.41) is 0. The predicted octanol–water partition coefficient (Wildman–Crippen LogP) is 5.58. The van der Waals surface area contributed by atoms with Crippen LogP contribution < -0.4 is 8.37 Å². The summed E-state index contributed by atoms with van der Waals surface area (Å²) in [6.45, 7) is 15.0. The Balaban J connectivity index is 2.53. The van der Waals surface area contributed by atoms with Crippen molar-refractivity contribution in [2.24, 2.45) is 0 Å². The second kappa shape index (κ2) is 11.3. The van der Waals surface area contributed by atoms with Gasteiger partial charge in [-0.05, 0) is 60.1 Å². The number of hydrogen-bond donors (Lipinski definition) is 0. The molecular weight excluding hydrogens is 492 g/mol. The van der Waals surface area contributed by atoms with Crippen molar-refractivity contribution >= 4 is 20.8 Å². The largest absolute Gasteiger partial charge is 0.449 e. The van der Waals surface area contributed by atoms with Gasteiger partial charge in [0.15, 0.2) is 0 Å². The molecule has 196 valence electrons. The maximum atomic E-state index is 12.0. The minimum absolute atomic E-state index is 0.0108. The maximum absolute atomic E-state index is 12.0. The molecule has 35 heavy (non-hydrogen) atoms. The highest BCUT2D eigenvalue weighted by Crippen LogP contribution is 2.39. The van der Waals surface area contributed by atoms with Gasteiger partial charge in [-0.25, -0.2) is 8.37 Å². The Kier molecular flexibility index (Phi) is 9.38. The van der Waals surface area contributed by atoms with Gasteiger partial charge in [0.25, 0.3) is 0 Å². The lowest BCUT2D eigenvalue weighted by Gasteiger charge is -2.29. The lowest BCUT2D eigenvalue weighted by atomic mass is 9.76. The van der Waals surface area contributed by atoms with Gasteiger partial charge in [0.05, 0.1) is 13.2 Å². The molecule has 0 heterocycles. The molecule has 0 amide bonds. The smallest absolute Gasteiger partial charge is 0.361 e. The van der Waals surface area contributed by atoms with Crippen LogP contribution in [-0.4, -0.2) is 30.0 Å². The normalized spacial score (nSPS) is 12.9. The summed E-state index contributed by atoms with van der Waals surface area (Å²) in [5.74, 6) is 0.424. The van der Waals surface area contributed by atoms with Gasteiger partial charge >= 0.3 is 20.8 Å². The first-order valence-corrected chi connectivity index (χ1v) is 14.3. The van der Waals surface area contributed by atoms with E-state index in [-0.39, 0.29) is 36.5 Å². The SMILES string of the molecule is CCOS(=O)(=O)Oc1ccc(C(C)(C)c2ccc(OS(=O)(=O)OCC)c(C(C)C)c2)cc1C(C)C. The van der Waals surface area contributed by atoms with Gasteiger partial charge in [0.2, 0.25) is 0 Å². The summed E-state index contributed by atoms with van der Waals surface area (Å²) in [6.07, 6.45) is 0. The summed E-state index contributed by atoms with van der Waals surface area (Å²) in [5.41, 5.74) is 2.83. The van der Waals surface area contributed by atoms with Gasteiger partial charge in [-0.15, -0.1) is 0 Å². The van der Waals surface area contributed by atoms with E-state index in [4.69, 9.17) is 16.7 Å². The highest BCUT2D eigenvalue weighted by atomic mass is 32.3. The summed E-state index contributed by atoms with van der Waals surface area (Å²) < 4.78 is 68.0. The fourth-order valence-corrected chi connectivity index (χ4v) is 5.07. The zero-order valence-corrected chi connectivity index (χ0v) is 23.2. The molecule has 10 heteroatoms. The first kappa shape index (κ1) is 29.1. The van der Waals surface area contributed by atoms with Crippen molar-refractivity contribution in [1.82, 2.24) is 0 Å². The van der Waals surface area contributed by atoms with Crippen molar-refractivity contribution in [2.45, 2.75) is 72.6 Å². The van der Waals surface area contributed by atoms with Crippen molar-refractivity contribution in [3.8, 4) is 11.5 Å². The second-order valence-electron chi connectivity index (χ2n) is 9.24. The summed E-state index contributed by atoms with van der Waals surface area (Å²) in [6, 6.07) is 10.8. The molecule has 0 spiro atoms. The van der Waals surface area contributed by atoms with Crippen LogP contribution in [0.1, 0.15) is 89.5 Å². The zero-order chi connectivity index (χ0) is 26.6. The van der Waals surface area contributed by atoms with Gasteiger partial charge < -0.3 is 8.37 Å². The Bertz CT molecular complexity index is 1130. The quantitative estimate of drug-likeness (QED) is 0.352. The van der Waals surface area contributed by atoms with Crippen molar-refractivity contribution in [2.75, 3.05) is 13.2 Å². The third-order valence-corrected chi connectivity index (χ3v) is 7.43. The molecule has 0 N–H and O–H groups in total. The Labute approximate surface area is 210 Å². The number of benzene rings is 2. The van der Waals surface area contributed by atoms with Gasteiger partial charge in [0, 0.05) is 5.41 Å². The zero-order valence-electron chi connectivity index (χ0n) is 21.6. The van der Waals surface area contributed by atoms with Crippen LogP contribution in [0.5, 0.6) is 11.5 Å². The molecule has 0 radical (unpaired) electrons. The molecule has 0 saturated heterocycles. The average Bonchev–Trinajstić information content (AvgIpc) is 2.72. The van der Waals surface area contributed by atoms with E-state index in [1.807, 2.05) is 65.8 Å². The monoisotopic (exact) mass is 528 g/mol. The lowest BCUT2D eigenvalue weighted by molar-refractivity contribution is 0.285. The van der Waals surface area contributed by atoms with Gasteiger partial charge in [-0.1, -0.05) is 65.8 Å². The van der Waals surface area contributed by atoms with Crippen LogP contribution in [0.3, 0.4) is 0 Å². The van der Waals surface area contributed by atoms with Crippen molar-refractivity contribution in [1.29, 1.82) is 0 Å². The van der Waals surface area contributed by atoms with Crippen LogP contribution in [0, 0.1) is 0 Å². The fourth-order valence-electron chi connectivity index (χ4n) is 3.65. The predicted molar refractivity (Wildman–Crippen MR) is 136 cm³/mol. The molecular formula is C25H36O8S2. The van der Waals surface area contributed by atoms with Gasteiger partial charge in [-0.2, -0.15) is 16.8 Å². The van der Waals surface area contributed by atoms with E-state index < -0.39 is 26.2 Å². The molecule has 0 atom stereocenters. The van der Waals surface area contributed by atoms with Crippen LogP contribution >= 0.6 is 0 Å². The molecule has 0 aliphatic carbocycles. The van der Waals surface area contributed by atoms with Gasteiger partial charge in [-0.3, -0.25) is 0 Å².